The molecule has 0 aromatic rings. The molecular formula is C15H25NO3. The molecule has 0 radical (unpaired) electrons. The van der Waals surface area contributed by atoms with Crippen molar-refractivity contribution >= 4 is 17.6 Å². The van der Waals surface area contributed by atoms with Crippen LogP contribution in [0.2, 0.25) is 0 Å². The molecule has 1 rings (SSSR count). The van der Waals surface area contributed by atoms with E-state index in [1.54, 1.807) is 0 Å². The Kier molecular flexibility index (Phi) is 4.88. The lowest BCUT2D eigenvalue weighted by atomic mass is 9.71. The van der Waals surface area contributed by atoms with Crippen LogP contribution >= 0.6 is 0 Å². The lowest BCUT2D eigenvalue weighted by molar-refractivity contribution is -0.142. The maximum Gasteiger partial charge on any atom is 0.230 e. The first-order valence-electron chi connectivity index (χ1n) is 7.00. The van der Waals surface area contributed by atoms with Crippen molar-refractivity contribution in [2.75, 3.05) is 6.54 Å². The van der Waals surface area contributed by atoms with Crippen molar-refractivity contribution < 1.29 is 14.4 Å². The lowest BCUT2D eigenvalue weighted by Crippen LogP contribution is -2.37. The lowest BCUT2D eigenvalue weighted by Gasteiger charge is -2.34. The number of ketones is 1. The van der Waals surface area contributed by atoms with Gasteiger partial charge in [-0.15, -0.1) is 0 Å². The van der Waals surface area contributed by atoms with Gasteiger partial charge in [-0.1, -0.05) is 34.6 Å². The smallest absolute Gasteiger partial charge is 0.230 e. The highest BCUT2D eigenvalue weighted by Crippen LogP contribution is 2.35. The normalized spacial score (nSPS) is 18.3. The van der Waals surface area contributed by atoms with Crippen LogP contribution in [0, 0.1) is 17.3 Å². The predicted molar refractivity (Wildman–Crippen MR) is 73.4 cm³/mol. The Bertz CT molecular complexity index is 369. The maximum absolute atomic E-state index is 12.1. The van der Waals surface area contributed by atoms with Gasteiger partial charge in [-0.25, -0.2) is 0 Å². The maximum atomic E-state index is 12.1. The third-order valence-electron chi connectivity index (χ3n) is 4.37. The van der Waals surface area contributed by atoms with E-state index >= 15 is 0 Å². The molecule has 0 aromatic heterocycles. The number of hydrogen-bond acceptors (Lipinski definition) is 3. The summed E-state index contributed by atoms with van der Waals surface area (Å²) in [5, 5.41) is 0. The third kappa shape index (κ3) is 3.88. The van der Waals surface area contributed by atoms with Gasteiger partial charge >= 0.3 is 0 Å². The highest BCUT2D eigenvalue weighted by Gasteiger charge is 2.34. The quantitative estimate of drug-likeness (QED) is 0.694. The average molecular weight is 267 g/mol. The molecule has 1 saturated heterocycles. The van der Waals surface area contributed by atoms with Crippen molar-refractivity contribution in [3.05, 3.63) is 0 Å². The number of Topliss-reactive ketones (excluding diaryl/α,β-unsaturated/α-hetero) is 1. The molecule has 19 heavy (non-hydrogen) atoms. The molecule has 1 aliphatic rings. The summed E-state index contributed by atoms with van der Waals surface area (Å²) >= 11 is 0. The standard InChI is InChI=1S/C15H25NO3/c1-10(2)11(3)15(4,5)8-12(17)9-16-13(18)6-7-14(16)19/h10-11H,6-9H2,1-5H3. The van der Waals surface area contributed by atoms with E-state index in [0.29, 0.717) is 18.3 Å². The molecule has 1 atom stereocenters. The number of carbonyl (C=O) groups excluding carboxylic acids is 3. The van der Waals surface area contributed by atoms with E-state index in [0.717, 1.165) is 4.90 Å². The predicted octanol–water partition coefficient (Wildman–Crippen LogP) is 2.41. The highest BCUT2D eigenvalue weighted by atomic mass is 16.2. The second kappa shape index (κ2) is 5.85. The summed E-state index contributed by atoms with van der Waals surface area (Å²) in [6.45, 7) is 10.5. The number of nitrogens with zero attached hydrogens (tertiary/aromatic N) is 1. The number of amides is 2. The average Bonchev–Trinajstić information content (AvgIpc) is 2.58. The first kappa shape index (κ1) is 15.9. The van der Waals surface area contributed by atoms with E-state index < -0.39 is 0 Å². The van der Waals surface area contributed by atoms with Crippen LogP contribution in [0.4, 0.5) is 0 Å². The molecule has 1 unspecified atom stereocenters. The molecule has 1 fully saturated rings. The van der Waals surface area contributed by atoms with Gasteiger partial charge in [0, 0.05) is 19.3 Å². The Labute approximate surface area is 115 Å². The third-order valence-corrected chi connectivity index (χ3v) is 4.37. The number of imide groups is 1. The monoisotopic (exact) mass is 267 g/mol. The van der Waals surface area contributed by atoms with E-state index in [1.165, 1.54) is 0 Å². The van der Waals surface area contributed by atoms with Crippen molar-refractivity contribution in [1.29, 1.82) is 0 Å². The Morgan fingerprint density at radius 1 is 1.16 bits per heavy atom. The van der Waals surface area contributed by atoms with Crippen LogP contribution in [0.25, 0.3) is 0 Å². The second-order valence-corrected chi connectivity index (χ2v) is 6.61. The first-order valence-corrected chi connectivity index (χ1v) is 7.00. The number of rotatable bonds is 6. The molecule has 108 valence electrons. The molecule has 0 N–H and O–H groups in total. The van der Waals surface area contributed by atoms with Gasteiger partial charge in [-0.05, 0) is 17.3 Å². The van der Waals surface area contributed by atoms with Crippen LogP contribution in [0.3, 0.4) is 0 Å². The Balaban J connectivity index is 2.60. The van der Waals surface area contributed by atoms with Crippen LogP contribution in [-0.4, -0.2) is 29.0 Å². The van der Waals surface area contributed by atoms with Crippen LogP contribution in [-0.2, 0) is 14.4 Å². The van der Waals surface area contributed by atoms with Gasteiger partial charge < -0.3 is 0 Å². The van der Waals surface area contributed by atoms with Gasteiger partial charge in [0.2, 0.25) is 11.8 Å². The Morgan fingerprint density at radius 2 is 1.63 bits per heavy atom. The number of carbonyl (C=O) groups is 3. The van der Waals surface area contributed by atoms with E-state index in [2.05, 4.69) is 34.6 Å². The zero-order valence-corrected chi connectivity index (χ0v) is 12.7. The Hall–Kier alpha value is -1.19. The summed E-state index contributed by atoms with van der Waals surface area (Å²) in [5.41, 5.74) is -0.114. The summed E-state index contributed by atoms with van der Waals surface area (Å²) in [4.78, 5) is 36.2. The van der Waals surface area contributed by atoms with Gasteiger partial charge in [0.15, 0.2) is 5.78 Å². The molecule has 0 aliphatic carbocycles. The van der Waals surface area contributed by atoms with Crippen LogP contribution in [0.1, 0.15) is 53.9 Å². The molecule has 0 spiro atoms. The van der Waals surface area contributed by atoms with Crippen molar-refractivity contribution in [3.8, 4) is 0 Å². The molecular weight excluding hydrogens is 242 g/mol. The van der Waals surface area contributed by atoms with Gasteiger partial charge in [-0.3, -0.25) is 19.3 Å². The molecule has 2 amide bonds. The number of hydrogen-bond donors (Lipinski definition) is 0. The SMILES string of the molecule is CC(C)C(C)C(C)(C)CC(=O)CN1C(=O)CCC1=O. The topological polar surface area (TPSA) is 54.5 Å². The van der Waals surface area contributed by atoms with Gasteiger partial charge in [-0.2, -0.15) is 0 Å². The molecule has 0 saturated carbocycles. The summed E-state index contributed by atoms with van der Waals surface area (Å²) in [6.07, 6.45) is 0.902. The van der Waals surface area contributed by atoms with Crippen molar-refractivity contribution in [2.24, 2.45) is 17.3 Å². The molecule has 1 heterocycles. The van der Waals surface area contributed by atoms with Gasteiger partial charge in [0.25, 0.3) is 0 Å². The highest BCUT2D eigenvalue weighted by molar-refractivity contribution is 6.04. The minimum absolute atomic E-state index is 0.0268. The van der Waals surface area contributed by atoms with Gasteiger partial charge in [0.05, 0.1) is 6.54 Å². The van der Waals surface area contributed by atoms with E-state index in [-0.39, 0.29) is 42.4 Å². The fourth-order valence-corrected chi connectivity index (χ4v) is 2.60. The summed E-state index contributed by atoms with van der Waals surface area (Å²) in [6, 6.07) is 0. The van der Waals surface area contributed by atoms with Crippen molar-refractivity contribution in [1.82, 2.24) is 4.90 Å². The van der Waals surface area contributed by atoms with Crippen LogP contribution < -0.4 is 0 Å². The Morgan fingerprint density at radius 3 is 2.05 bits per heavy atom. The minimum Gasteiger partial charge on any atom is -0.298 e. The number of likely N-dealkylation sites (tertiary alicyclic amines) is 1. The van der Waals surface area contributed by atoms with Crippen LogP contribution in [0.5, 0.6) is 0 Å². The fourth-order valence-electron chi connectivity index (χ4n) is 2.60. The summed E-state index contributed by atoms with van der Waals surface area (Å²) in [5.74, 6) is 0.446. The zero-order valence-electron chi connectivity index (χ0n) is 12.7. The fraction of sp³-hybridized carbons (Fsp3) is 0.800. The van der Waals surface area contributed by atoms with E-state index in [9.17, 15) is 14.4 Å². The first-order chi connectivity index (χ1) is 8.65. The summed E-state index contributed by atoms with van der Waals surface area (Å²) < 4.78 is 0. The van der Waals surface area contributed by atoms with E-state index in [1.807, 2.05) is 0 Å². The van der Waals surface area contributed by atoms with Crippen LogP contribution in [0.15, 0.2) is 0 Å². The molecule has 1 aliphatic heterocycles. The molecule has 4 heteroatoms. The minimum atomic E-state index is -0.215. The van der Waals surface area contributed by atoms with Crippen molar-refractivity contribution in [2.45, 2.75) is 53.9 Å². The largest absolute Gasteiger partial charge is 0.298 e. The molecule has 0 aromatic carbocycles. The summed E-state index contributed by atoms with van der Waals surface area (Å²) in [7, 11) is 0. The zero-order chi connectivity index (χ0) is 14.8. The van der Waals surface area contributed by atoms with Crippen molar-refractivity contribution in [3.63, 3.8) is 0 Å². The molecule has 0 bridgehead atoms. The molecule has 4 nitrogen and oxygen atoms in total. The van der Waals surface area contributed by atoms with Gasteiger partial charge in [0.1, 0.15) is 0 Å². The second-order valence-electron chi connectivity index (χ2n) is 6.61. The van der Waals surface area contributed by atoms with E-state index in [4.69, 9.17) is 0 Å².